The van der Waals surface area contributed by atoms with Gasteiger partial charge in [0.1, 0.15) is 11.3 Å². The number of carbonyl (C=O) groups excluding carboxylic acids is 2. The molecule has 1 atom stereocenters. The van der Waals surface area contributed by atoms with Crippen molar-refractivity contribution >= 4 is 11.9 Å². The fraction of sp³-hybridized carbons (Fsp3) is 0.571. The second-order valence-corrected chi connectivity index (χ2v) is 5.52. The first-order chi connectivity index (χ1) is 9.81. The molecule has 1 aromatic rings. The Morgan fingerprint density at radius 2 is 2.05 bits per heavy atom. The number of rotatable bonds is 6. The molecule has 116 valence electrons. The van der Waals surface area contributed by atoms with E-state index in [-0.39, 0.29) is 24.5 Å². The van der Waals surface area contributed by atoms with Gasteiger partial charge >= 0.3 is 6.09 Å². The van der Waals surface area contributed by atoms with Gasteiger partial charge in [0.2, 0.25) is 0 Å². The van der Waals surface area contributed by atoms with Gasteiger partial charge in [-0.1, -0.05) is 0 Å². The van der Waals surface area contributed by atoms with Crippen LogP contribution in [0.25, 0.3) is 0 Å². The Hall–Kier alpha value is -2.02. The highest BCUT2D eigenvalue weighted by molar-refractivity contribution is 5.94. The van der Waals surface area contributed by atoms with Crippen LogP contribution in [0.5, 0.6) is 0 Å². The quantitative estimate of drug-likeness (QED) is 0.801. The monoisotopic (exact) mass is 295 g/mol. The van der Waals surface area contributed by atoms with Crippen molar-refractivity contribution in [2.45, 2.75) is 38.8 Å². The highest BCUT2D eigenvalue weighted by Crippen LogP contribution is 2.08. The van der Waals surface area contributed by atoms with Gasteiger partial charge in [0.05, 0.1) is 18.8 Å². The number of Topliss-reactive ketones (excluding diaryl/α,β-unsaturated/α-hetero) is 1. The average molecular weight is 295 g/mol. The van der Waals surface area contributed by atoms with Crippen molar-refractivity contribution < 1.29 is 19.1 Å². The molecule has 1 unspecified atom stereocenters. The minimum absolute atomic E-state index is 0.0613. The minimum Gasteiger partial charge on any atom is -0.444 e. The lowest BCUT2D eigenvalue weighted by molar-refractivity contribution is 0.0464. The Morgan fingerprint density at radius 1 is 1.33 bits per heavy atom. The maximum atomic E-state index is 12.0. The molecule has 1 rings (SSSR count). The Bertz CT molecular complexity index is 471. The first-order valence-corrected chi connectivity index (χ1v) is 6.59. The molecule has 1 N–H and O–H groups in total. The highest BCUT2D eigenvalue weighted by Gasteiger charge is 2.22. The molecule has 0 aliphatic carbocycles. The van der Waals surface area contributed by atoms with Crippen LogP contribution in [-0.2, 0) is 9.47 Å². The van der Waals surface area contributed by atoms with E-state index < -0.39 is 17.7 Å². The van der Waals surface area contributed by atoms with Crippen molar-refractivity contribution in [1.29, 1.82) is 0 Å². The molecule has 7 nitrogen and oxygen atoms in total. The van der Waals surface area contributed by atoms with E-state index in [0.29, 0.717) is 0 Å². The summed E-state index contributed by atoms with van der Waals surface area (Å²) in [7, 11) is 1.50. The number of ketones is 1. The third-order valence-corrected chi connectivity index (χ3v) is 2.37. The summed E-state index contributed by atoms with van der Waals surface area (Å²) in [6.07, 6.45) is 3.80. The van der Waals surface area contributed by atoms with E-state index in [0.717, 1.165) is 0 Å². The molecule has 0 aromatic carbocycles. The number of amides is 1. The number of hydrogen-bond donors (Lipinski definition) is 1. The largest absolute Gasteiger partial charge is 0.444 e. The number of nitrogens with one attached hydrogen (secondary N) is 1. The summed E-state index contributed by atoms with van der Waals surface area (Å²) in [5, 5.41) is 2.62. The van der Waals surface area contributed by atoms with Crippen LogP contribution in [-0.4, -0.2) is 47.2 Å². The van der Waals surface area contributed by atoms with Crippen LogP contribution in [0.3, 0.4) is 0 Å². The summed E-state index contributed by atoms with van der Waals surface area (Å²) in [6.45, 7) is 5.50. The fourth-order valence-electron chi connectivity index (χ4n) is 1.60. The molecular weight excluding hydrogens is 274 g/mol. The molecular formula is C14H21N3O4. The molecule has 0 fully saturated rings. The Labute approximate surface area is 124 Å². The molecule has 1 amide bonds. The van der Waals surface area contributed by atoms with E-state index in [2.05, 4.69) is 15.3 Å². The Balaban J connectivity index is 2.61. The zero-order valence-corrected chi connectivity index (χ0v) is 12.8. The molecule has 0 radical (unpaired) electrons. The molecule has 0 saturated carbocycles. The number of methoxy groups -OCH3 is 1. The van der Waals surface area contributed by atoms with Gasteiger partial charge in [0.25, 0.3) is 0 Å². The third kappa shape index (κ3) is 6.80. The SMILES string of the molecule is COCC(CC(=O)c1cnccn1)NC(=O)OC(C)(C)C. The predicted octanol–water partition coefficient (Wildman–Crippen LogP) is 1.59. The second kappa shape index (κ2) is 7.68. The van der Waals surface area contributed by atoms with Crippen molar-refractivity contribution in [2.75, 3.05) is 13.7 Å². The standard InChI is InChI=1S/C14H21N3O4/c1-14(2,3)21-13(19)17-10(9-20-4)7-12(18)11-8-15-5-6-16-11/h5-6,8,10H,7,9H2,1-4H3,(H,17,19). The zero-order chi connectivity index (χ0) is 15.9. The average Bonchev–Trinajstić information content (AvgIpc) is 2.37. The molecule has 7 heteroatoms. The lowest BCUT2D eigenvalue weighted by atomic mass is 10.1. The van der Waals surface area contributed by atoms with Gasteiger partial charge < -0.3 is 14.8 Å². The van der Waals surface area contributed by atoms with E-state index in [1.165, 1.54) is 25.7 Å². The number of hydrogen-bond acceptors (Lipinski definition) is 6. The van der Waals surface area contributed by atoms with Gasteiger partial charge in [-0.25, -0.2) is 9.78 Å². The third-order valence-electron chi connectivity index (χ3n) is 2.37. The topological polar surface area (TPSA) is 90.4 Å². The summed E-state index contributed by atoms with van der Waals surface area (Å²) >= 11 is 0. The number of carbonyl (C=O) groups is 2. The van der Waals surface area contributed by atoms with Crippen LogP contribution in [0.4, 0.5) is 4.79 Å². The van der Waals surface area contributed by atoms with Gasteiger partial charge in [0.15, 0.2) is 5.78 Å². The highest BCUT2D eigenvalue weighted by atomic mass is 16.6. The predicted molar refractivity (Wildman–Crippen MR) is 76.0 cm³/mol. The van der Waals surface area contributed by atoms with Gasteiger partial charge in [-0.2, -0.15) is 0 Å². The van der Waals surface area contributed by atoms with Crippen molar-refractivity contribution in [3.05, 3.63) is 24.3 Å². The van der Waals surface area contributed by atoms with Crippen molar-refractivity contribution in [1.82, 2.24) is 15.3 Å². The molecule has 0 bridgehead atoms. The summed E-state index contributed by atoms with van der Waals surface area (Å²) < 4.78 is 10.2. The molecule has 1 heterocycles. The number of aromatic nitrogens is 2. The molecule has 0 aliphatic heterocycles. The lowest BCUT2D eigenvalue weighted by Crippen LogP contribution is -2.42. The summed E-state index contributed by atoms with van der Waals surface area (Å²) in [5.74, 6) is -0.221. The van der Waals surface area contributed by atoms with E-state index in [9.17, 15) is 9.59 Å². The fourth-order valence-corrected chi connectivity index (χ4v) is 1.60. The van der Waals surface area contributed by atoms with Crippen LogP contribution >= 0.6 is 0 Å². The second-order valence-electron chi connectivity index (χ2n) is 5.52. The normalized spacial score (nSPS) is 12.6. The first-order valence-electron chi connectivity index (χ1n) is 6.59. The van der Waals surface area contributed by atoms with E-state index in [4.69, 9.17) is 9.47 Å². The van der Waals surface area contributed by atoms with Crippen LogP contribution < -0.4 is 5.32 Å². The van der Waals surface area contributed by atoms with Crippen molar-refractivity contribution in [3.63, 3.8) is 0 Å². The van der Waals surface area contributed by atoms with Crippen molar-refractivity contribution in [3.8, 4) is 0 Å². The molecule has 0 saturated heterocycles. The zero-order valence-electron chi connectivity index (χ0n) is 12.8. The summed E-state index contributed by atoms with van der Waals surface area (Å²) in [5.41, 5.74) is -0.346. The van der Waals surface area contributed by atoms with Crippen molar-refractivity contribution in [2.24, 2.45) is 0 Å². The number of nitrogens with zero attached hydrogens (tertiary/aromatic N) is 2. The number of alkyl carbamates (subject to hydrolysis) is 1. The van der Waals surface area contributed by atoms with Gasteiger partial charge in [-0.15, -0.1) is 0 Å². The van der Waals surface area contributed by atoms with Gasteiger partial charge in [0, 0.05) is 25.9 Å². The Kier molecular flexibility index (Phi) is 6.23. The van der Waals surface area contributed by atoms with Crippen LogP contribution in [0.1, 0.15) is 37.7 Å². The summed E-state index contributed by atoms with van der Waals surface area (Å²) in [4.78, 5) is 31.6. The van der Waals surface area contributed by atoms with Gasteiger partial charge in [-0.05, 0) is 20.8 Å². The van der Waals surface area contributed by atoms with E-state index in [1.807, 2.05) is 0 Å². The van der Waals surface area contributed by atoms with Crippen LogP contribution in [0, 0.1) is 0 Å². The Morgan fingerprint density at radius 3 is 2.57 bits per heavy atom. The molecule has 0 spiro atoms. The molecule has 1 aromatic heterocycles. The molecule has 21 heavy (non-hydrogen) atoms. The maximum absolute atomic E-state index is 12.0. The maximum Gasteiger partial charge on any atom is 0.407 e. The van der Waals surface area contributed by atoms with Crippen LogP contribution in [0.2, 0.25) is 0 Å². The summed E-state index contributed by atoms with van der Waals surface area (Å²) in [6, 6.07) is -0.487. The van der Waals surface area contributed by atoms with E-state index in [1.54, 1.807) is 20.8 Å². The smallest absolute Gasteiger partial charge is 0.407 e. The lowest BCUT2D eigenvalue weighted by Gasteiger charge is -2.23. The van der Waals surface area contributed by atoms with Crippen LogP contribution in [0.15, 0.2) is 18.6 Å². The van der Waals surface area contributed by atoms with E-state index >= 15 is 0 Å². The number of ether oxygens (including phenoxy) is 2. The molecule has 0 aliphatic rings. The van der Waals surface area contributed by atoms with Gasteiger partial charge in [-0.3, -0.25) is 9.78 Å². The first kappa shape index (κ1) is 17.0. The minimum atomic E-state index is -0.601.